The molecule has 1 saturated carbocycles. The van der Waals surface area contributed by atoms with Gasteiger partial charge in [0.2, 0.25) is 11.9 Å². The van der Waals surface area contributed by atoms with E-state index in [0.717, 1.165) is 24.8 Å². The van der Waals surface area contributed by atoms with Crippen molar-refractivity contribution in [3.8, 4) is 11.8 Å². The molecule has 16 heteroatoms. The Labute approximate surface area is 318 Å². The van der Waals surface area contributed by atoms with Crippen molar-refractivity contribution in [1.29, 1.82) is 0 Å². The maximum atomic E-state index is 13.9. The van der Waals surface area contributed by atoms with Crippen LogP contribution in [0.2, 0.25) is 5.02 Å². The number of carbonyl (C=O) groups is 2. The van der Waals surface area contributed by atoms with Crippen molar-refractivity contribution < 1.29 is 37.0 Å². The van der Waals surface area contributed by atoms with E-state index in [0.29, 0.717) is 59.3 Å². The van der Waals surface area contributed by atoms with Crippen LogP contribution >= 0.6 is 11.6 Å². The number of hydrogen-bond donors (Lipinski definition) is 3. The third kappa shape index (κ3) is 12.0. The van der Waals surface area contributed by atoms with E-state index in [1.54, 1.807) is 47.4 Å². The molecule has 2 amide bonds. The van der Waals surface area contributed by atoms with Crippen molar-refractivity contribution in [2.24, 2.45) is 23.2 Å². The van der Waals surface area contributed by atoms with Gasteiger partial charge in [0.1, 0.15) is 11.9 Å². The molecule has 3 aromatic rings. The Morgan fingerprint density at radius 1 is 1.07 bits per heavy atom. The van der Waals surface area contributed by atoms with Crippen LogP contribution in [0.1, 0.15) is 76.2 Å². The summed E-state index contributed by atoms with van der Waals surface area (Å²) >= 11 is 6.58. The molecule has 0 radical (unpaired) electrons. The maximum Gasteiger partial charge on any atom is 0.422 e. The molecule has 0 saturated heterocycles. The maximum absolute atomic E-state index is 13.9. The molecule has 1 unspecified atom stereocenters. The molecule has 3 atom stereocenters. The predicted molar refractivity (Wildman–Crippen MR) is 199 cm³/mol. The third-order valence-corrected chi connectivity index (χ3v) is 9.77. The Balaban J connectivity index is 1.37. The molecular weight excluding hydrogens is 727 g/mol. The molecule has 5 heterocycles. The first kappa shape index (κ1) is 40.7. The van der Waals surface area contributed by atoms with Crippen LogP contribution in [0.5, 0.6) is 11.8 Å². The number of ether oxygens (including phenoxy) is 3. The van der Waals surface area contributed by atoms with E-state index in [1.165, 1.54) is 0 Å². The average Bonchev–Trinajstić information content (AvgIpc) is 3.10. The Bertz CT molecular complexity index is 1750. The summed E-state index contributed by atoms with van der Waals surface area (Å²) in [6.45, 7) is 10.3. The Morgan fingerprint density at radius 3 is 2.52 bits per heavy atom. The molecule has 2 aromatic carbocycles. The van der Waals surface area contributed by atoms with Crippen LogP contribution in [-0.2, 0) is 11.3 Å². The van der Waals surface area contributed by atoms with Gasteiger partial charge in [0, 0.05) is 37.4 Å². The van der Waals surface area contributed by atoms with Crippen molar-refractivity contribution in [3.05, 3.63) is 58.6 Å². The third-order valence-electron chi connectivity index (χ3n) is 9.48. The summed E-state index contributed by atoms with van der Waals surface area (Å²) in [4.78, 5) is 41.1. The minimum Gasteiger partial charge on any atom is -0.492 e. The molecule has 1 fully saturated rings. The second-order valence-corrected chi connectivity index (χ2v) is 15.6. The summed E-state index contributed by atoms with van der Waals surface area (Å²) in [7, 11) is 0. The Kier molecular flexibility index (Phi) is 13.4. The molecule has 294 valence electrons. The standard InChI is InChI=1S/C38H49ClF3N7O5/c1-23(2)28-13-7-24(3)17-31(28)54-36(51)49-15-6-16-52-30-14-8-25(18-29(30)39)19-43-33-46-34(48-35(47-33)53-22-38(40,41)42)45-27-11-9-26(10-12-27)32(50)44-20-37(4,5)21-49/h8-12,14,18,23-24,28,31H,6-7,13,15-17,19-22H2,1-5H3,(H,44,50)(H2,43,45,46,47,48)/t24?,28-,31+/m1/s1. The van der Waals surface area contributed by atoms with E-state index in [1.807, 2.05) is 13.8 Å². The number of nitrogens with one attached hydrogen (secondary N) is 3. The van der Waals surface area contributed by atoms with Gasteiger partial charge in [-0.05, 0) is 84.4 Å². The van der Waals surface area contributed by atoms with Gasteiger partial charge < -0.3 is 35.1 Å². The number of rotatable bonds is 4. The van der Waals surface area contributed by atoms with Crippen molar-refractivity contribution in [3.63, 3.8) is 0 Å². The normalized spacial score (nSPS) is 21.3. The van der Waals surface area contributed by atoms with Gasteiger partial charge >= 0.3 is 18.3 Å². The zero-order valence-corrected chi connectivity index (χ0v) is 32.0. The number of hydrogen-bond acceptors (Lipinski definition) is 10. The molecule has 12 nitrogen and oxygen atoms in total. The highest BCUT2D eigenvalue weighted by atomic mass is 35.5. The summed E-state index contributed by atoms with van der Waals surface area (Å²) in [5.74, 6) is 1.15. The highest BCUT2D eigenvalue weighted by Crippen LogP contribution is 2.36. The topological polar surface area (TPSA) is 140 Å². The number of nitrogens with zero attached hydrogens (tertiary/aromatic N) is 4. The molecule has 5 aliphatic rings. The summed E-state index contributed by atoms with van der Waals surface area (Å²) < 4.78 is 55.8. The van der Waals surface area contributed by atoms with Crippen molar-refractivity contribution in [2.75, 3.05) is 43.5 Å². The lowest BCUT2D eigenvalue weighted by Gasteiger charge is -2.39. The zero-order chi connectivity index (χ0) is 39.0. The van der Waals surface area contributed by atoms with E-state index in [2.05, 4.69) is 51.7 Å². The highest BCUT2D eigenvalue weighted by molar-refractivity contribution is 6.32. The highest BCUT2D eigenvalue weighted by Gasteiger charge is 2.36. The van der Waals surface area contributed by atoms with Gasteiger partial charge in [0.05, 0.1) is 11.6 Å². The van der Waals surface area contributed by atoms with Crippen LogP contribution in [0.4, 0.5) is 35.5 Å². The van der Waals surface area contributed by atoms with Crippen LogP contribution in [-0.4, -0.2) is 77.0 Å². The molecule has 1 aromatic heterocycles. The smallest absolute Gasteiger partial charge is 0.422 e. The molecule has 1 aliphatic carbocycles. The fraction of sp³-hybridized carbons (Fsp3) is 0.553. The SMILES string of the molecule is CC1CC[C@H](C(C)C)[C@@H](OC(=O)N2CCCOc3ccc(cc3Cl)CNc3nc(nc(OCC(F)(F)F)n3)Nc3ccc(cc3)C(=O)NCC(C)(C)C2)C1. The second-order valence-electron chi connectivity index (χ2n) is 15.2. The molecule has 3 N–H and O–H groups in total. The lowest BCUT2D eigenvalue weighted by atomic mass is 9.75. The average molecular weight is 776 g/mol. The fourth-order valence-electron chi connectivity index (χ4n) is 6.61. The minimum atomic E-state index is -4.60. The van der Waals surface area contributed by atoms with Gasteiger partial charge in [0.15, 0.2) is 6.61 Å². The summed E-state index contributed by atoms with van der Waals surface area (Å²) in [6, 6.07) is 11.1. The first-order valence-corrected chi connectivity index (χ1v) is 18.6. The number of halogens is 4. The first-order chi connectivity index (χ1) is 25.5. The monoisotopic (exact) mass is 775 g/mol. The molecular formula is C38H49ClF3N7O5. The quantitative estimate of drug-likeness (QED) is 0.237. The fourth-order valence-corrected chi connectivity index (χ4v) is 6.87. The van der Waals surface area contributed by atoms with Gasteiger partial charge in [-0.25, -0.2) is 4.79 Å². The Hall–Kier alpha value is -4.53. The molecule has 8 rings (SSSR count). The van der Waals surface area contributed by atoms with E-state index >= 15 is 0 Å². The van der Waals surface area contributed by atoms with Crippen molar-refractivity contribution in [1.82, 2.24) is 25.2 Å². The summed E-state index contributed by atoms with van der Waals surface area (Å²) in [6.07, 6.45) is -1.68. The lowest BCUT2D eigenvalue weighted by Crippen LogP contribution is -2.47. The van der Waals surface area contributed by atoms with E-state index in [-0.39, 0.29) is 49.7 Å². The number of aromatic nitrogens is 3. The van der Waals surface area contributed by atoms with E-state index in [4.69, 9.17) is 25.8 Å². The molecule has 0 spiro atoms. The van der Waals surface area contributed by atoms with Crippen molar-refractivity contribution >= 4 is 41.2 Å². The van der Waals surface area contributed by atoms with Gasteiger partial charge in [-0.15, -0.1) is 0 Å². The number of benzene rings is 2. The van der Waals surface area contributed by atoms with Crippen LogP contribution in [0, 0.1) is 23.2 Å². The summed E-state index contributed by atoms with van der Waals surface area (Å²) in [5.41, 5.74) is 1.03. The molecule has 6 bridgehead atoms. The van der Waals surface area contributed by atoms with Gasteiger partial charge in [-0.1, -0.05) is 58.7 Å². The predicted octanol–water partition coefficient (Wildman–Crippen LogP) is 8.26. The van der Waals surface area contributed by atoms with Crippen molar-refractivity contribution in [2.45, 2.75) is 79.1 Å². The van der Waals surface area contributed by atoms with E-state index in [9.17, 15) is 22.8 Å². The molecule has 54 heavy (non-hydrogen) atoms. The summed E-state index contributed by atoms with van der Waals surface area (Å²) in [5, 5.41) is 9.23. The van der Waals surface area contributed by atoms with E-state index < -0.39 is 24.2 Å². The largest absolute Gasteiger partial charge is 0.492 e. The zero-order valence-electron chi connectivity index (χ0n) is 31.3. The number of anilines is 3. The van der Waals surface area contributed by atoms with Crippen LogP contribution in [0.15, 0.2) is 42.5 Å². The number of amides is 2. The number of alkyl halides is 3. The Morgan fingerprint density at radius 2 is 1.81 bits per heavy atom. The number of carbonyl (C=O) groups excluding carboxylic acids is 2. The van der Waals surface area contributed by atoms with Crippen LogP contribution < -0.4 is 25.4 Å². The van der Waals surface area contributed by atoms with Crippen LogP contribution in [0.25, 0.3) is 0 Å². The lowest BCUT2D eigenvalue weighted by molar-refractivity contribution is -0.154. The molecule has 4 aliphatic heterocycles. The minimum absolute atomic E-state index is 0.0463. The first-order valence-electron chi connectivity index (χ1n) is 18.2. The van der Waals surface area contributed by atoms with Gasteiger partial charge in [0.25, 0.3) is 5.91 Å². The van der Waals surface area contributed by atoms with Gasteiger partial charge in [-0.3, -0.25) is 4.79 Å². The van der Waals surface area contributed by atoms with Crippen LogP contribution in [0.3, 0.4) is 0 Å². The van der Waals surface area contributed by atoms with Gasteiger partial charge in [-0.2, -0.15) is 28.1 Å². The second kappa shape index (κ2) is 17.7.